The van der Waals surface area contributed by atoms with Crippen LogP contribution in [-0.2, 0) is 0 Å². The highest BCUT2D eigenvalue weighted by molar-refractivity contribution is 5.81. The molecule has 0 spiro atoms. The quantitative estimate of drug-likeness (QED) is 0.682. The summed E-state index contributed by atoms with van der Waals surface area (Å²) in [5, 5.41) is 0. The molecule has 1 aliphatic heterocycles. The average Bonchev–Trinajstić information content (AvgIpc) is 2.62. The highest BCUT2D eigenvalue weighted by Gasteiger charge is 2.18. The van der Waals surface area contributed by atoms with Gasteiger partial charge in [0.05, 0.1) is 6.54 Å². The molecule has 3 nitrogen and oxygen atoms in total. The van der Waals surface area contributed by atoms with Crippen molar-refractivity contribution >= 4 is 5.96 Å². The van der Waals surface area contributed by atoms with Crippen molar-refractivity contribution in [3.63, 3.8) is 0 Å². The van der Waals surface area contributed by atoms with E-state index >= 15 is 0 Å². The minimum atomic E-state index is 0.832. The van der Waals surface area contributed by atoms with Crippen LogP contribution in [0.3, 0.4) is 0 Å². The molecule has 0 saturated heterocycles. The maximum Gasteiger partial charge on any atom is 0.196 e. The minimum absolute atomic E-state index is 0.832. The van der Waals surface area contributed by atoms with Gasteiger partial charge in [-0.2, -0.15) is 0 Å². The lowest BCUT2D eigenvalue weighted by Crippen LogP contribution is -2.38. The zero-order chi connectivity index (χ0) is 10.6. The molecule has 1 atom stereocenters. The summed E-state index contributed by atoms with van der Waals surface area (Å²) >= 11 is 0. The molecule has 0 amide bonds. The third-order valence-electron chi connectivity index (χ3n) is 2.89. The first kappa shape index (κ1) is 11.3. The monoisotopic (exact) mass is 197 g/mol. The second kappa shape index (κ2) is 5.23. The molecule has 1 rings (SSSR count). The molecular formula is C11H23N3. The van der Waals surface area contributed by atoms with Crippen LogP contribution in [0.1, 0.15) is 26.7 Å². The first-order valence-corrected chi connectivity index (χ1v) is 5.61. The molecule has 0 N–H and O–H groups in total. The van der Waals surface area contributed by atoms with Gasteiger partial charge in [0, 0.05) is 27.2 Å². The Hall–Kier alpha value is -0.730. The summed E-state index contributed by atoms with van der Waals surface area (Å²) in [6.07, 6.45) is 2.56. The van der Waals surface area contributed by atoms with Gasteiger partial charge in [-0.3, -0.25) is 4.99 Å². The van der Waals surface area contributed by atoms with Crippen LogP contribution in [0.4, 0.5) is 0 Å². The Kier molecular flexibility index (Phi) is 4.23. The number of aliphatic imine (C=N–C) groups is 1. The van der Waals surface area contributed by atoms with Crippen LogP contribution < -0.4 is 0 Å². The summed E-state index contributed by atoms with van der Waals surface area (Å²) in [4.78, 5) is 9.00. The van der Waals surface area contributed by atoms with Crippen molar-refractivity contribution in [1.29, 1.82) is 0 Å². The molecular weight excluding hydrogens is 174 g/mol. The van der Waals surface area contributed by atoms with Crippen LogP contribution in [0.15, 0.2) is 4.99 Å². The standard InChI is InChI=1S/C11H23N3/c1-5-10(2)6-8-14-9-7-12-11(14)13(3)4/h10H,5-9H2,1-4H3. The summed E-state index contributed by atoms with van der Waals surface area (Å²) in [6, 6.07) is 0. The van der Waals surface area contributed by atoms with Gasteiger partial charge in [-0.05, 0) is 12.3 Å². The van der Waals surface area contributed by atoms with Gasteiger partial charge in [-0.1, -0.05) is 20.3 Å². The lowest BCUT2D eigenvalue weighted by Gasteiger charge is -2.25. The lowest BCUT2D eigenvalue weighted by atomic mass is 10.1. The van der Waals surface area contributed by atoms with Crippen LogP contribution in [0.2, 0.25) is 0 Å². The van der Waals surface area contributed by atoms with Gasteiger partial charge in [0.2, 0.25) is 0 Å². The Labute approximate surface area is 87.8 Å². The number of hydrogen-bond donors (Lipinski definition) is 0. The molecule has 0 radical (unpaired) electrons. The van der Waals surface area contributed by atoms with E-state index in [2.05, 4.69) is 42.7 Å². The van der Waals surface area contributed by atoms with Crippen LogP contribution in [0.5, 0.6) is 0 Å². The maximum absolute atomic E-state index is 4.49. The molecule has 82 valence electrons. The molecule has 0 bridgehead atoms. The van der Waals surface area contributed by atoms with Crippen LogP contribution in [0.25, 0.3) is 0 Å². The second-order valence-corrected chi connectivity index (χ2v) is 4.37. The number of hydrogen-bond acceptors (Lipinski definition) is 3. The van der Waals surface area contributed by atoms with Crippen molar-refractivity contribution in [2.75, 3.05) is 33.7 Å². The number of nitrogens with zero attached hydrogens (tertiary/aromatic N) is 3. The molecule has 0 aromatic carbocycles. The molecule has 14 heavy (non-hydrogen) atoms. The molecule has 0 aromatic rings. The smallest absolute Gasteiger partial charge is 0.196 e. The van der Waals surface area contributed by atoms with Gasteiger partial charge >= 0.3 is 0 Å². The van der Waals surface area contributed by atoms with Crippen molar-refractivity contribution in [2.24, 2.45) is 10.9 Å². The summed E-state index contributed by atoms with van der Waals surface area (Å²) < 4.78 is 0. The van der Waals surface area contributed by atoms with Crippen molar-refractivity contribution in [2.45, 2.75) is 26.7 Å². The Morgan fingerprint density at radius 3 is 2.79 bits per heavy atom. The van der Waals surface area contributed by atoms with Gasteiger partial charge in [0.15, 0.2) is 5.96 Å². The van der Waals surface area contributed by atoms with E-state index in [0.717, 1.165) is 31.5 Å². The molecule has 3 heteroatoms. The first-order chi connectivity index (χ1) is 6.65. The van der Waals surface area contributed by atoms with Crippen molar-refractivity contribution in [3.05, 3.63) is 0 Å². The third-order valence-corrected chi connectivity index (χ3v) is 2.89. The fourth-order valence-electron chi connectivity index (χ4n) is 1.69. The predicted molar refractivity (Wildman–Crippen MR) is 61.6 cm³/mol. The highest BCUT2D eigenvalue weighted by atomic mass is 15.4. The van der Waals surface area contributed by atoms with E-state index in [-0.39, 0.29) is 0 Å². The first-order valence-electron chi connectivity index (χ1n) is 5.61. The number of rotatable bonds is 4. The summed E-state index contributed by atoms with van der Waals surface area (Å²) in [7, 11) is 4.14. The van der Waals surface area contributed by atoms with Crippen LogP contribution in [-0.4, -0.2) is 49.5 Å². The van der Waals surface area contributed by atoms with Gasteiger partial charge in [-0.15, -0.1) is 0 Å². The second-order valence-electron chi connectivity index (χ2n) is 4.37. The largest absolute Gasteiger partial charge is 0.349 e. The molecule has 1 aliphatic rings. The van der Waals surface area contributed by atoms with E-state index in [0.29, 0.717) is 0 Å². The lowest BCUT2D eigenvalue weighted by molar-refractivity contribution is 0.359. The summed E-state index contributed by atoms with van der Waals surface area (Å²) in [6.45, 7) is 7.81. The normalized spacial score (nSPS) is 18.3. The predicted octanol–water partition coefficient (Wildman–Crippen LogP) is 1.66. The maximum atomic E-state index is 4.49. The van der Waals surface area contributed by atoms with Gasteiger partial charge in [0.1, 0.15) is 0 Å². The van der Waals surface area contributed by atoms with E-state index in [9.17, 15) is 0 Å². The van der Waals surface area contributed by atoms with Crippen LogP contribution >= 0.6 is 0 Å². The van der Waals surface area contributed by atoms with Gasteiger partial charge in [0.25, 0.3) is 0 Å². The van der Waals surface area contributed by atoms with E-state index in [4.69, 9.17) is 0 Å². The van der Waals surface area contributed by atoms with E-state index in [1.54, 1.807) is 0 Å². The zero-order valence-corrected chi connectivity index (χ0v) is 9.95. The van der Waals surface area contributed by atoms with Crippen molar-refractivity contribution in [3.8, 4) is 0 Å². The third kappa shape index (κ3) is 2.89. The Morgan fingerprint density at radius 2 is 2.21 bits per heavy atom. The van der Waals surface area contributed by atoms with E-state index < -0.39 is 0 Å². The molecule has 1 heterocycles. The topological polar surface area (TPSA) is 18.8 Å². The van der Waals surface area contributed by atoms with Crippen LogP contribution in [0, 0.1) is 5.92 Å². The average molecular weight is 197 g/mol. The molecule has 0 aromatic heterocycles. The molecule has 0 saturated carbocycles. The Balaban J connectivity index is 2.35. The number of guanidine groups is 1. The summed E-state index contributed by atoms with van der Waals surface area (Å²) in [5.74, 6) is 1.99. The highest BCUT2D eigenvalue weighted by Crippen LogP contribution is 2.10. The fraction of sp³-hybridized carbons (Fsp3) is 0.909. The Morgan fingerprint density at radius 1 is 1.50 bits per heavy atom. The molecule has 0 fully saturated rings. The SMILES string of the molecule is CCC(C)CCN1CCN=C1N(C)C. The van der Waals surface area contributed by atoms with Crippen molar-refractivity contribution in [1.82, 2.24) is 9.80 Å². The molecule has 1 unspecified atom stereocenters. The summed E-state index contributed by atoms with van der Waals surface area (Å²) in [5.41, 5.74) is 0. The van der Waals surface area contributed by atoms with Gasteiger partial charge < -0.3 is 9.80 Å². The van der Waals surface area contributed by atoms with Crippen molar-refractivity contribution < 1.29 is 0 Å². The molecule has 0 aliphatic carbocycles. The van der Waals surface area contributed by atoms with E-state index in [1.807, 2.05) is 0 Å². The zero-order valence-electron chi connectivity index (χ0n) is 9.95. The van der Waals surface area contributed by atoms with Gasteiger partial charge in [-0.25, -0.2) is 0 Å². The fourth-order valence-corrected chi connectivity index (χ4v) is 1.69. The Bertz CT molecular complexity index is 199. The van der Waals surface area contributed by atoms with E-state index in [1.165, 1.54) is 12.8 Å². The minimum Gasteiger partial charge on any atom is -0.349 e.